The van der Waals surface area contributed by atoms with Gasteiger partial charge < -0.3 is 4.90 Å². The van der Waals surface area contributed by atoms with Crippen LogP contribution in [0, 0.1) is 0 Å². The fourth-order valence-corrected chi connectivity index (χ4v) is 3.10. The molecule has 0 aliphatic heterocycles. The molecular weight excluding hydrogens is 306 g/mol. The second-order valence-electron chi connectivity index (χ2n) is 5.46. The molecule has 0 bridgehead atoms. The molecule has 5 heteroatoms. The first-order valence-corrected chi connectivity index (χ1v) is 8.74. The average Bonchev–Trinajstić information content (AvgIpc) is 3.10. The van der Waals surface area contributed by atoms with E-state index < -0.39 is 0 Å². The summed E-state index contributed by atoms with van der Waals surface area (Å²) in [5.74, 6) is -0.0304. The lowest BCUT2D eigenvalue weighted by molar-refractivity contribution is 0.0735. The lowest BCUT2D eigenvalue weighted by Gasteiger charge is -2.21. The maximum atomic E-state index is 12.9. The summed E-state index contributed by atoms with van der Waals surface area (Å²) in [6.07, 6.45) is 3.74. The molecule has 4 nitrogen and oxygen atoms in total. The third-order valence-electron chi connectivity index (χ3n) is 3.71. The Balaban J connectivity index is 1.85. The Kier molecular flexibility index (Phi) is 4.98. The van der Waals surface area contributed by atoms with Gasteiger partial charge in [0.1, 0.15) is 5.69 Å². The summed E-state index contributed by atoms with van der Waals surface area (Å²) in [6.45, 7) is 3.50. The van der Waals surface area contributed by atoms with E-state index in [0.29, 0.717) is 17.9 Å². The predicted octanol–water partition coefficient (Wildman–Crippen LogP) is 4.13. The molecule has 3 heterocycles. The van der Waals surface area contributed by atoms with Gasteiger partial charge in [0.2, 0.25) is 0 Å². The molecule has 0 unspecified atom stereocenters. The van der Waals surface area contributed by atoms with Crippen LogP contribution in [-0.4, -0.2) is 27.3 Å². The zero-order valence-corrected chi connectivity index (χ0v) is 13.9. The van der Waals surface area contributed by atoms with Crippen LogP contribution in [0.3, 0.4) is 0 Å². The van der Waals surface area contributed by atoms with Crippen molar-refractivity contribution >= 4 is 28.3 Å². The van der Waals surface area contributed by atoms with Crippen molar-refractivity contribution in [3.05, 3.63) is 58.5 Å². The number of hydrogen-bond donors (Lipinski definition) is 0. The lowest BCUT2D eigenvalue weighted by atomic mass is 10.2. The van der Waals surface area contributed by atoms with E-state index >= 15 is 0 Å². The highest BCUT2D eigenvalue weighted by atomic mass is 32.1. The van der Waals surface area contributed by atoms with Crippen LogP contribution in [0.4, 0.5) is 0 Å². The molecule has 0 aliphatic rings. The van der Waals surface area contributed by atoms with Crippen molar-refractivity contribution < 1.29 is 4.79 Å². The van der Waals surface area contributed by atoms with Gasteiger partial charge in [-0.05, 0) is 53.1 Å². The fourth-order valence-electron chi connectivity index (χ4n) is 2.44. The van der Waals surface area contributed by atoms with Gasteiger partial charge in [-0.3, -0.25) is 4.79 Å². The van der Waals surface area contributed by atoms with E-state index in [1.807, 2.05) is 28.5 Å². The highest BCUT2D eigenvalue weighted by Crippen LogP contribution is 2.15. The first-order chi connectivity index (χ1) is 11.3. The van der Waals surface area contributed by atoms with E-state index in [4.69, 9.17) is 0 Å². The van der Waals surface area contributed by atoms with Crippen LogP contribution < -0.4 is 0 Å². The number of hydrogen-bond acceptors (Lipinski definition) is 4. The second kappa shape index (κ2) is 7.33. The number of amides is 1. The molecule has 0 radical (unpaired) electrons. The van der Waals surface area contributed by atoms with Crippen molar-refractivity contribution in [3.63, 3.8) is 0 Å². The van der Waals surface area contributed by atoms with Crippen molar-refractivity contribution in [2.75, 3.05) is 6.54 Å². The number of unbranched alkanes of at least 4 members (excludes halogenated alkanes) is 1. The Morgan fingerprint density at radius 1 is 1.26 bits per heavy atom. The lowest BCUT2D eigenvalue weighted by Crippen LogP contribution is -2.32. The van der Waals surface area contributed by atoms with Gasteiger partial charge in [-0.2, -0.15) is 11.3 Å². The molecule has 0 aliphatic carbocycles. The second-order valence-corrected chi connectivity index (χ2v) is 6.24. The standard InChI is InChI=1S/C18H19N3OS/c1-2-3-10-21(12-14-8-11-23-13-14)18(22)16-7-6-15-5-4-9-19-17(15)20-16/h4-9,11,13H,2-3,10,12H2,1H3. The molecule has 0 saturated heterocycles. The number of carbonyl (C=O) groups is 1. The Bertz CT molecular complexity index is 786. The average molecular weight is 325 g/mol. The summed E-state index contributed by atoms with van der Waals surface area (Å²) < 4.78 is 0. The Morgan fingerprint density at radius 2 is 2.17 bits per heavy atom. The molecule has 0 N–H and O–H groups in total. The fraction of sp³-hybridized carbons (Fsp3) is 0.278. The van der Waals surface area contributed by atoms with Crippen LogP contribution in [0.1, 0.15) is 35.8 Å². The Labute approximate surface area is 139 Å². The molecule has 0 saturated carbocycles. The molecule has 1 amide bonds. The number of carbonyl (C=O) groups excluding carboxylic acids is 1. The van der Waals surface area contributed by atoms with Gasteiger partial charge >= 0.3 is 0 Å². The first-order valence-electron chi connectivity index (χ1n) is 7.80. The van der Waals surface area contributed by atoms with E-state index in [0.717, 1.165) is 24.8 Å². The number of fused-ring (bicyclic) bond motifs is 1. The smallest absolute Gasteiger partial charge is 0.272 e. The minimum absolute atomic E-state index is 0.0304. The molecule has 0 atom stereocenters. The van der Waals surface area contributed by atoms with E-state index in [1.54, 1.807) is 23.6 Å². The molecule has 23 heavy (non-hydrogen) atoms. The molecule has 3 aromatic heterocycles. The predicted molar refractivity (Wildman–Crippen MR) is 93.5 cm³/mol. The third kappa shape index (κ3) is 3.74. The van der Waals surface area contributed by atoms with E-state index in [9.17, 15) is 4.79 Å². The van der Waals surface area contributed by atoms with Gasteiger partial charge in [0.15, 0.2) is 5.65 Å². The van der Waals surface area contributed by atoms with Crippen LogP contribution in [0.2, 0.25) is 0 Å². The van der Waals surface area contributed by atoms with E-state index in [1.165, 1.54) is 5.56 Å². The Morgan fingerprint density at radius 3 is 2.96 bits per heavy atom. The van der Waals surface area contributed by atoms with Crippen molar-refractivity contribution in [1.29, 1.82) is 0 Å². The minimum Gasteiger partial charge on any atom is -0.333 e. The van der Waals surface area contributed by atoms with Crippen LogP contribution in [0.25, 0.3) is 11.0 Å². The van der Waals surface area contributed by atoms with Crippen molar-refractivity contribution in [2.24, 2.45) is 0 Å². The topological polar surface area (TPSA) is 46.1 Å². The molecule has 0 aromatic carbocycles. The van der Waals surface area contributed by atoms with Crippen LogP contribution >= 0.6 is 11.3 Å². The van der Waals surface area contributed by atoms with Gasteiger partial charge in [-0.25, -0.2) is 9.97 Å². The molecule has 118 valence electrons. The summed E-state index contributed by atoms with van der Waals surface area (Å²) in [5, 5.41) is 5.07. The zero-order chi connectivity index (χ0) is 16.1. The monoisotopic (exact) mass is 325 g/mol. The van der Waals surface area contributed by atoms with Gasteiger partial charge in [0, 0.05) is 24.7 Å². The normalized spacial score (nSPS) is 10.8. The summed E-state index contributed by atoms with van der Waals surface area (Å²) in [4.78, 5) is 23.4. The zero-order valence-electron chi connectivity index (χ0n) is 13.1. The molecular formula is C18H19N3OS. The molecule has 3 rings (SSSR count). The van der Waals surface area contributed by atoms with Crippen molar-refractivity contribution in [1.82, 2.24) is 14.9 Å². The molecule has 0 fully saturated rings. The van der Waals surface area contributed by atoms with E-state index in [2.05, 4.69) is 28.3 Å². The SMILES string of the molecule is CCCCN(Cc1ccsc1)C(=O)c1ccc2cccnc2n1. The van der Waals surface area contributed by atoms with Crippen LogP contribution in [0.15, 0.2) is 47.3 Å². The highest BCUT2D eigenvalue weighted by molar-refractivity contribution is 7.07. The maximum Gasteiger partial charge on any atom is 0.272 e. The largest absolute Gasteiger partial charge is 0.333 e. The number of rotatable bonds is 6. The Hall–Kier alpha value is -2.27. The number of nitrogens with zero attached hydrogens (tertiary/aromatic N) is 3. The van der Waals surface area contributed by atoms with Gasteiger partial charge in [-0.15, -0.1) is 0 Å². The molecule has 0 spiro atoms. The third-order valence-corrected chi connectivity index (χ3v) is 4.44. The minimum atomic E-state index is -0.0304. The quantitative estimate of drug-likeness (QED) is 0.684. The van der Waals surface area contributed by atoms with Crippen LogP contribution in [0.5, 0.6) is 0 Å². The van der Waals surface area contributed by atoms with Crippen LogP contribution in [-0.2, 0) is 6.54 Å². The van der Waals surface area contributed by atoms with Gasteiger partial charge in [-0.1, -0.05) is 13.3 Å². The van der Waals surface area contributed by atoms with Gasteiger partial charge in [0.05, 0.1) is 0 Å². The van der Waals surface area contributed by atoms with Crippen molar-refractivity contribution in [2.45, 2.75) is 26.3 Å². The summed E-state index contributed by atoms with van der Waals surface area (Å²) in [5.41, 5.74) is 2.24. The van der Waals surface area contributed by atoms with Crippen molar-refractivity contribution in [3.8, 4) is 0 Å². The number of aromatic nitrogens is 2. The first kappa shape index (κ1) is 15.6. The number of pyridine rings is 2. The van der Waals surface area contributed by atoms with Gasteiger partial charge in [0.25, 0.3) is 5.91 Å². The maximum absolute atomic E-state index is 12.9. The molecule has 3 aromatic rings. The van der Waals surface area contributed by atoms with E-state index in [-0.39, 0.29) is 5.91 Å². The highest BCUT2D eigenvalue weighted by Gasteiger charge is 2.17. The summed E-state index contributed by atoms with van der Waals surface area (Å²) in [6, 6.07) is 9.58. The summed E-state index contributed by atoms with van der Waals surface area (Å²) in [7, 11) is 0. The number of thiophene rings is 1. The summed E-state index contributed by atoms with van der Waals surface area (Å²) >= 11 is 1.65.